The maximum absolute atomic E-state index is 12.8. The van der Waals surface area contributed by atoms with Crippen LogP contribution in [0.15, 0.2) is 21.5 Å². The van der Waals surface area contributed by atoms with Crippen LogP contribution < -0.4 is 10.0 Å². The Morgan fingerprint density at radius 2 is 1.90 bits per heavy atom. The number of rotatable bonds is 5. The normalized spacial score (nSPS) is 23.0. The van der Waals surface area contributed by atoms with Gasteiger partial charge in [0.15, 0.2) is 0 Å². The van der Waals surface area contributed by atoms with E-state index in [-0.39, 0.29) is 21.0 Å². The van der Waals surface area contributed by atoms with Gasteiger partial charge in [-0.1, -0.05) is 0 Å². The highest BCUT2D eigenvalue weighted by molar-refractivity contribution is 9.10. The molecular weight excluding hydrogens is 464 g/mol. The molecular formula is C19H25BrN2O6S. The molecule has 2 saturated heterocycles. The van der Waals surface area contributed by atoms with Crippen molar-refractivity contribution in [3.63, 3.8) is 0 Å². The van der Waals surface area contributed by atoms with Crippen LogP contribution in [0, 0.1) is 12.8 Å². The molecule has 0 radical (unpaired) electrons. The maximum Gasteiger partial charge on any atom is 0.338 e. The minimum atomic E-state index is -4.20. The fourth-order valence-electron chi connectivity index (χ4n) is 3.86. The average molecular weight is 489 g/mol. The van der Waals surface area contributed by atoms with Gasteiger partial charge in [-0.2, -0.15) is 0 Å². The second-order valence-corrected chi connectivity index (χ2v) is 9.89. The van der Waals surface area contributed by atoms with E-state index in [4.69, 9.17) is 9.47 Å². The Bertz CT molecular complexity index is 898. The first-order chi connectivity index (χ1) is 13.7. The monoisotopic (exact) mass is 488 g/mol. The third-order valence-electron chi connectivity index (χ3n) is 5.46. The molecule has 2 heterocycles. The average Bonchev–Trinajstić information content (AvgIpc) is 3.18. The van der Waals surface area contributed by atoms with Crippen LogP contribution >= 0.6 is 15.9 Å². The van der Waals surface area contributed by atoms with Gasteiger partial charge < -0.3 is 14.8 Å². The van der Waals surface area contributed by atoms with E-state index in [1.165, 1.54) is 19.2 Å². The molecule has 2 N–H and O–H groups in total. The van der Waals surface area contributed by atoms with Gasteiger partial charge in [0.25, 0.3) is 15.9 Å². The number of piperidine rings is 1. The molecule has 29 heavy (non-hydrogen) atoms. The molecule has 3 rings (SSSR count). The van der Waals surface area contributed by atoms with Gasteiger partial charge >= 0.3 is 5.97 Å². The van der Waals surface area contributed by atoms with Gasteiger partial charge in [-0.3, -0.25) is 4.79 Å². The third kappa shape index (κ3) is 4.99. The summed E-state index contributed by atoms with van der Waals surface area (Å²) in [6.45, 7) is 3.53. The SMILES string of the molecule is COC(=O)c1cc(S(=O)(=O)NC(=O)C2CCC(C3CCNCC3)O2)c(Br)cc1C. The molecule has 0 saturated carbocycles. The molecule has 0 aromatic heterocycles. The first-order valence-corrected chi connectivity index (χ1v) is 11.8. The standard InChI is InChI=1S/C19H25BrN2O6S/c1-11-9-14(20)17(10-13(11)19(24)27-2)29(25,26)22-18(23)16-4-3-15(28-16)12-5-7-21-8-6-12/h9-10,12,15-16,21H,3-8H2,1-2H3,(H,22,23). The Balaban J connectivity index is 1.72. The van der Waals surface area contributed by atoms with Crippen molar-refractivity contribution in [1.29, 1.82) is 0 Å². The molecule has 2 unspecified atom stereocenters. The van der Waals surface area contributed by atoms with E-state index in [0.29, 0.717) is 17.9 Å². The zero-order valence-electron chi connectivity index (χ0n) is 16.4. The highest BCUT2D eigenvalue weighted by Gasteiger charge is 2.37. The number of hydrogen-bond acceptors (Lipinski definition) is 7. The highest BCUT2D eigenvalue weighted by atomic mass is 79.9. The molecule has 1 amide bonds. The minimum Gasteiger partial charge on any atom is -0.465 e. The summed E-state index contributed by atoms with van der Waals surface area (Å²) < 4.78 is 38.5. The summed E-state index contributed by atoms with van der Waals surface area (Å²) in [5.41, 5.74) is 0.671. The van der Waals surface area contributed by atoms with Gasteiger partial charge in [-0.15, -0.1) is 0 Å². The van der Waals surface area contributed by atoms with E-state index < -0.39 is 28.0 Å². The van der Waals surface area contributed by atoms with Crippen LogP contribution in [0.5, 0.6) is 0 Å². The highest BCUT2D eigenvalue weighted by Crippen LogP contribution is 2.31. The first-order valence-electron chi connectivity index (χ1n) is 9.54. The molecule has 0 bridgehead atoms. The number of ether oxygens (including phenoxy) is 2. The Labute approximate surface area is 178 Å². The summed E-state index contributed by atoms with van der Waals surface area (Å²) in [6, 6.07) is 2.71. The molecule has 1 aromatic rings. The van der Waals surface area contributed by atoms with Crippen molar-refractivity contribution in [2.45, 2.75) is 49.7 Å². The van der Waals surface area contributed by atoms with Gasteiger partial charge in [0.05, 0.1) is 18.8 Å². The number of methoxy groups -OCH3 is 1. The molecule has 0 spiro atoms. The van der Waals surface area contributed by atoms with Crippen LogP contribution in [0.2, 0.25) is 0 Å². The summed E-state index contributed by atoms with van der Waals surface area (Å²) in [6.07, 6.45) is 2.39. The molecule has 1 aromatic carbocycles. The number of carbonyl (C=O) groups is 2. The van der Waals surface area contributed by atoms with Crippen LogP contribution in [0.3, 0.4) is 0 Å². The van der Waals surface area contributed by atoms with Crippen molar-refractivity contribution in [2.75, 3.05) is 20.2 Å². The van der Waals surface area contributed by atoms with E-state index in [0.717, 1.165) is 32.4 Å². The number of nitrogens with one attached hydrogen (secondary N) is 2. The summed E-state index contributed by atoms with van der Waals surface area (Å²) >= 11 is 3.20. The minimum absolute atomic E-state index is 0.0207. The number of benzene rings is 1. The predicted octanol–water partition coefficient (Wildman–Crippen LogP) is 1.90. The lowest BCUT2D eigenvalue weighted by Gasteiger charge is -2.27. The van der Waals surface area contributed by atoms with Gasteiger partial charge in [0, 0.05) is 4.47 Å². The number of hydrogen-bond donors (Lipinski definition) is 2. The predicted molar refractivity (Wildman–Crippen MR) is 109 cm³/mol. The van der Waals surface area contributed by atoms with Crippen molar-refractivity contribution >= 4 is 37.8 Å². The number of amides is 1. The zero-order valence-corrected chi connectivity index (χ0v) is 18.8. The first kappa shape index (κ1) is 22.2. The Morgan fingerprint density at radius 1 is 1.21 bits per heavy atom. The van der Waals surface area contributed by atoms with Crippen molar-refractivity contribution in [3.05, 3.63) is 27.7 Å². The van der Waals surface area contributed by atoms with Crippen LogP contribution in [0.4, 0.5) is 0 Å². The van der Waals surface area contributed by atoms with E-state index in [2.05, 4.69) is 26.0 Å². The van der Waals surface area contributed by atoms with Crippen molar-refractivity contribution in [2.24, 2.45) is 5.92 Å². The summed E-state index contributed by atoms with van der Waals surface area (Å²) in [4.78, 5) is 24.3. The number of carbonyl (C=O) groups excluding carboxylic acids is 2. The van der Waals surface area contributed by atoms with Crippen molar-refractivity contribution in [3.8, 4) is 0 Å². The molecule has 2 atom stereocenters. The summed E-state index contributed by atoms with van der Waals surface area (Å²) in [7, 11) is -2.98. The van der Waals surface area contributed by atoms with Gasteiger partial charge in [-0.25, -0.2) is 17.9 Å². The second-order valence-electron chi connectivity index (χ2n) is 7.39. The molecule has 0 aliphatic carbocycles. The van der Waals surface area contributed by atoms with E-state index in [1.54, 1.807) is 6.92 Å². The van der Waals surface area contributed by atoms with Crippen LogP contribution in [0.1, 0.15) is 41.6 Å². The van der Waals surface area contributed by atoms with Gasteiger partial charge in [0.2, 0.25) is 0 Å². The number of halogens is 1. The molecule has 160 valence electrons. The summed E-state index contributed by atoms with van der Waals surface area (Å²) in [5.74, 6) is -0.949. The molecule has 2 fully saturated rings. The Morgan fingerprint density at radius 3 is 2.55 bits per heavy atom. The van der Waals surface area contributed by atoms with E-state index in [1.807, 2.05) is 0 Å². The van der Waals surface area contributed by atoms with Gasteiger partial charge in [0.1, 0.15) is 11.0 Å². The van der Waals surface area contributed by atoms with Gasteiger partial charge in [-0.05, 0) is 85.2 Å². The van der Waals surface area contributed by atoms with Crippen LogP contribution in [-0.4, -0.2) is 52.7 Å². The van der Waals surface area contributed by atoms with Crippen molar-refractivity contribution in [1.82, 2.24) is 10.0 Å². The molecule has 10 heteroatoms. The lowest BCUT2D eigenvalue weighted by Crippen LogP contribution is -2.40. The Hall–Kier alpha value is -1.49. The molecule has 2 aliphatic rings. The van der Waals surface area contributed by atoms with Crippen molar-refractivity contribution < 1.29 is 27.5 Å². The van der Waals surface area contributed by atoms with Crippen LogP contribution in [0.25, 0.3) is 0 Å². The second kappa shape index (κ2) is 9.11. The fraction of sp³-hybridized carbons (Fsp3) is 0.579. The zero-order chi connectivity index (χ0) is 21.2. The van der Waals surface area contributed by atoms with E-state index in [9.17, 15) is 18.0 Å². The topological polar surface area (TPSA) is 111 Å². The quantitative estimate of drug-likeness (QED) is 0.608. The Kier molecular flexibility index (Phi) is 6.98. The fourth-order valence-corrected chi connectivity index (χ4v) is 6.05. The smallest absolute Gasteiger partial charge is 0.338 e. The number of esters is 1. The summed E-state index contributed by atoms with van der Waals surface area (Å²) in [5, 5.41) is 3.30. The lowest BCUT2D eigenvalue weighted by atomic mass is 9.91. The van der Waals surface area contributed by atoms with Crippen LogP contribution in [-0.2, 0) is 24.3 Å². The molecule has 2 aliphatic heterocycles. The lowest BCUT2D eigenvalue weighted by molar-refractivity contribution is -0.131. The maximum atomic E-state index is 12.8. The van der Waals surface area contributed by atoms with E-state index >= 15 is 0 Å². The molecule has 8 nitrogen and oxygen atoms in total. The number of aryl methyl sites for hydroxylation is 1. The number of sulfonamides is 1. The third-order valence-corrected chi connectivity index (χ3v) is 7.77. The largest absolute Gasteiger partial charge is 0.465 e.